The molecule has 7 aliphatic rings. The molecule has 6 aliphatic carbocycles. The molecule has 27 heavy (non-hydrogen) atoms. The first-order valence-corrected chi connectivity index (χ1v) is 11.4. The maximum absolute atomic E-state index is 12.2. The molecule has 10 atom stereocenters. The van der Waals surface area contributed by atoms with Crippen LogP contribution in [0.5, 0.6) is 0 Å². The van der Waals surface area contributed by atoms with Gasteiger partial charge in [0.05, 0.1) is 0 Å². The maximum Gasteiger partial charge on any atom is 0.306 e. The first-order chi connectivity index (χ1) is 12.9. The molecule has 1 heterocycles. The Morgan fingerprint density at radius 1 is 1.00 bits per heavy atom. The van der Waals surface area contributed by atoms with E-state index in [1.807, 2.05) is 0 Å². The minimum atomic E-state index is -0.131. The van der Waals surface area contributed by atoms with Gasteiger partial charge < -0.3 is 4.74 Å². The quantitative estimate of drug-likeness (QED) is 0.600. The van der Waals surface area contributed by atoms with Crippen molar-refractivity contribution in [3.05, 3.63) is 11.6 Å². The summed E-state index contributed by atoms with van der Waals surface area (Å²) in [4.78, 5) is 24.3. The monoisotopic (exact) mass is 366 g/mol. The second kappa shape index (κ2) is 4.39. The molecule has 0 N–H and O–H groups in total. The van der Waals surface area contributed by atoms with E-state index in [9.17, 15) is 9.59 Å². The minimum Gasteiger partial charge on any atom is -0.458 e. The molecule has 144 valence electrons. The third-order valence-electron chi connectivity index (χ3n) is 10.9. The van der Waals surface area contributed by atoms with Crippen molar-refractivity contribution in [1.82, 2.24) is 0 Å². The maximum atomic E-state index is 12.2. The first-order valence-electron chi connectivity index (χ1n) is 11.4. The number of rotatable bonds is 0. The lowest BCUT2D eigenvalue weighted by atomic mass is 9.45. The molecule has 6 fully saturated rings. The SMILES string of the molecule is C[C@]12CCC(=O)C=C1[C@H]1C[C@H]1[C@H]1[C@@H]3[C@@H]4C[C@H]4[C@@]4(CCC(=O)O4)[C@@]3(C)CC[C@@H]12. The Bertz CT molecular complexity index is 827. The number of carbonyl (C=O) groups excluding carboxylic acids is 2. The molecule has 1 saturated heterocycles. The van der Waals surface area contributed by atoms with E-state index < -0.39 is 0 Å². The van der Waals surface area contributed by atoms with Crippen molar-refractivity contribution in [1.29, 1.82) is 0 Å². The summed E-state index contributed by atoms with van der Waals surface area (Å²) in [7, 11) is 0. The Balaban J connectivity index is 1.33. The Labute approximate surface area is 161 Å². The third kappa shape index (κ3) is 1.58. The van der Waals surface area contributed by atoms with Crippen molar-refractivity contribution in [3.8, 4) is 0 Å². The molecule has 3 heteroatoms. The normalized spacial score (nSPS) is 62.0. The minimum absolute atomic E-state index is 0.0561. The van der Waals surface area contributed by atoms with Crippen LogP contribution < -0.4 is 0 Å². The summed E-state index contributed by atoms with van der Waals surface area (Å²) in [6.45, 7) is 4.99. The molecule has 0 aromatic heterocycles. The zero-order valence-corrected chi connectivity index (χ0v) is 16.5. The van der Waals surface area contributed by atoms with Crippen molar-refractivity contribution in [2.45, 2.75) is 70.8 Å². The topological polar surface area (TPSA) is 43.4 Å². The number of esters is 1. The summed E-state index contributed by atoms with van der Waals surface area (Å²) >= 11 is 0. The standard InChI is InChI=1S/C24H30O3/c1-22-6-3-12(25)9-17(22)13-10-14(13)20-16(22)4-7-23(2)21(20)15-11-18(15)24(23)8-5-19(26)27-24/h9,13-16,18,20-21H,3-8,10-11H2,1-2H3/t13-,14+,15+,16-,18+,20+,21-,22+,23-,24-/m0/s1. The Morgan fingerprint density at radius 3 is 2.63 bits per heavy atom. The van der Waals surface area contributed by atoms with Gasteiger partial charge in [-0.25, -0.2) is 0 Å². The van der Waals surface area contributed by atoms with Gasteiger partial charge in [0, 0.05) is 24.2 Å². The molecule has 0 unspecified atom stereocenters. The van der Waals surface area contributed by atoms with Gasteiger partial charge in [-0.15, -0.1) is 0 Å². The molecule has 0 aromatic carbocycles. The summed E-state index contributed by atoms with van der Waals surface area (Å²) in [5.74, 6) is 5.65. The van der Waals surface area contributed by atoms with Gasteiger partial charge in [-0.2, -0.15) is 0 Å². The van der Waals surface area contributed by atoms with Crippen molar-refractivity contribution in [2.24, 2.45) is 52.3 Å². The Kier molecular flexibility index (Phi) is 2.56. The number of hydrogen-bond donors (Lipinski definition) is 0. The lowest BCUT2D eigenvalue weighted by Crippen LogP contribution is -2.57. The molecule has 7 rings (SSSR count). The number of hydrogen-bond acceptors (Lipinski definition) is 3. The van der Waals surface area contributed by atoms with Gasteiger partial charge in [0.2, 0.25) is 0 Å². The molecular weight excluding hydrogens is 336 g/mol. The van der Waals surface area contributed by atoms with Crippen molar-refractivity contribution in [3.63, 3.8) is 0 Å². The average molecular weight is 367 g/mol. The van der Waals surface area contributed by atoms with E-state index in [0.717, 1.165) is 48.9 Å². The smallest absolute Gasteiger partial charge is 0.306 e. The molecule has 3 nitrogen and oxygen atoms in total. The predicted molar refractivity (Wildman–Crippen MR) is 99.5 cm³/mol. The van der Waals surface area contributed by atoms with Crippen LogP contribution in [0.15, 0.2) is 11.6 Å². The molecular formula is C24H30O3. The second-order valence-electron chi connectivity index (χ2n) is 11.5. The van der Waals surface area contributed by atoms with Gasteiger partial charge in [-0.1, -0.05) is 19.4 Å². The lowest BCUT2D eigenvalue weighted by Gasteiger charge is -2.60. The van der Waals surface area contributed by atoms with E-state index >= 15 is 0 Å². The summed E-state index contributed by atoms with van der Waals surface area (Å²) in [5, 5.41) is 0. The van der Waals surface area contributed by atoms with Crippen LogP contribution in [0.1, 0.15) is 65.2 Å². The van der Waals surface area contributed by atoms with Crippen LogP contribution in [-0.2, 0) is 14.3 Å². The van der Waals surface area contributed by atoms with Crippen LogP contribution in [0.3, 0.4) is 0 Å². The number of ketones is 1. The highest BCUT2D eigenvalue weighted by Gasteiger charge is 2.81. The molecule has 5 saturated carbocycles. The highest BCUT2D eigenvalue weighted by Crippen LogP contribution is 2.82. The fourth-order valence-electron chi connectivity index (χ4n) is 9.74. The van der Waals surface area contributed by atoms with E-state index in [-0.39, 0.29) is 22.4 Å². The van der Waals surface area contributed by atoms with Gasteiger partial charge in [0.1, 0.15) is 5.60 Å². The fraction of sp³-hybridized carbons (Fsp3) is 0.833. The van der Waals surface area contributed by atoms with Gasteiger partial charge in [-0.3, -0.25) is 9.59 Å². The fourth-order valence-corrected chi connectivity index (χ4v) is 9.74. The molecule has 0 bridgehead atoms. The summed E-state index contributed by atoms with van der Waals surface area (Å²) in [6, 6.07) is 0. The molecule has 0 aromatic rings. The molecule has 1 aliphatic heterocycles. The van der Waals surface area contributed by atoms with Crippen molar-refractivity contribution < 1.29 is 14.3 Å². The highest BCUT2D eigenvalue weighted by atomic mass is 16.6. The average Bonchev–Trinajstić information content (AvgIpc) is 3.53. The summed E-state index contributed by atoms with van der Waals surface area (Å²) in [6.07, 6.45) is 10.6. The Morgan fingerprint density at radius 2 is 1.85 bits per heavy atom. The van der Waals surface area contributed by atoms with Gasteiger partial charge >= 0.3 is 5.97 Å². The first kappa shape index (κ1) is 15.8. The number of ether oxygens (including phenoxy) is 1. The zero-order chi connectivity index (χ0) is 18.3. The summed E-state index contributed by atoms with van der Waals surface area (Å²) < 4.78 is 6.22. The Hall–Kier alpha value is -1.12. The van der Waals surface area contributed by atoms with Crippen LogP contribution in [0, 0.1) is 52.3 Å². The van der Waals surface area contributed by atoms with Gasteiger partial charge in [0.25, 0.3) is 0 Å². The lowest BCUT2D eigenvalue weighted by molar-refractivity contribution is -0.177. The van der Waals surface area contributed by atoms with Crippen LogP contribution in [0.4, 0.5) is 0 Å². The largest absolute Gasteiger partial charge is 0.458 e. The highest BCUT2D eigenvalue weighted by molar-refractivity contribution is 5.92. The van der Waals surface area contributed by atoms with Crippen LogP contribution in [0.2, 0.25) is 0 Å². The van der Waals surface area contributed by atoms with Gasteiger partial charge in [0.15, 0.2) is 5.78 Å². The van der Waals surface area contributed by atoms with Crippen LogP contribution >= 0.6 is 0 Å². The van der Waals surface area contributed by atoms with Crippen molar-refractivity contribution >= 4 is 11.8 Å². The second-order valence-corrected chi connectivity index (χ2v) is 11.5. The van der Waals surface area contributed by atoms with Crippen LogP contribution in [0.25, 0.3) is 0 Å². The van der Waals surface area contributed by atoms with E-state index in [0.29, 0.717) is 24.0 Å². The number of allylic oxidation sites excluding steroid dienone is 1. The number of carbonyl (C=O) groups is 2. The predicted octanol–water partition coefficient (Wildman–Crippen LogP) is 4.31. The zero-order valence-electron chi connectivity index (χ0n) is 16.5. The van der Waals surface area contributed by atoms with E-state index in [1.54, 1.807) is 0 Å². The van der Waals surface area contributed by atoms with Crippen LogP contribution in [-0.4, -0.2) is 17.4 Å². The molecule has 1 spiro atoms. The van der Waals surface area contributed by atoms with Crippen molar-refractivity contribution in [2.75, 3.05) is 0 Å². The molecule has 0 radical (unpaired) electrons. The van der Waals surface area contributed by atoms with E-state index in [1.165, 1.54) is 31.3 Å². The summed E-state index contributed by atoms with van der Waals surface area (Å²) in [5.41, 5.74) is 1.85. The number of fused-ring (bicyclic) bond motifs is 12. The van der Waals surface area contributed by atoms with E-state index in [4.69, 9.17) is 4.74 Å². The van der Waals surface area contributed by atoms with Gasteiger partial charge in [-0.05, 0) is 85.5 Å². The van der Waals surface area contributed by atoms with E-state index in [2.05, 4.69) is 19.9 Å². The third-order valence-corrected chi connectivity index (χ3v) is 10.9. The molecule has 0 amide bonds.